The molecule has 1 aromatic heterocycles. The average molecular weight is 653 g/mol. The molecule has 0 atom stereocenters. The van der Waals surface area contributed by atoms with Crippen molar-refractivity contribution in [2.75, 3.05) is 10.2 Å². The molecule has 0 unspecified atom stereocenters. The molecular weight excluding hydrogens is 623 g/mol. The van der Waals surface area contributed by atoms with E-state index < -0.39 is 0 Å². The van der Waals surface area contributed by atoms with Crippen LogP contribution in [0.5, 0.6) is 11.5 Å². The summed E-state index contributed by atoms with van der Waals surface area (Å²) in [5, 5.41) is 8.43. The number of nitrogens with one attached hydrogen (secondary N) is 1. The fraction of sp³-hybridized carbons (Fsp3) is 0. The Morgan fingerprint density at radius 1 is 0.549 bits per heavy atom. The lowest BCUT2D eigenvalue weighted by atomic mass is 9.57. The van der Waals surface area contributed by atoms with Crippen LogP contribution in [0.2, 0.25) is 0 Å². The zero-order valence-corrected chi connectivity index (χ0v) is 27.6. The molecule has 8 aromatic carbocycles. The van der Waals surface area contributed by atoms with E-state index in [4.69, 9.17) is 9.15 Å². The van der Waals surface area contributed by atoms with Crippen molar-refractivity contribution in [2.45, 2.75) is 0 Å². The van der Waals surface area contributed by atoms with Gasteiger partial charge in [-0.1, -0.05) is 121 Å². The third-order valence-corrected chi connectivity index (χ3v) is 10.4. The van der Waals surface area contributed by atoms with Gasteiger partial charge >= 0.3 is 0 Å². The molecule has 3 heterocycles. The summed E-state index contributed by atoms with van der Waals surface area (Å²) in [4.78, 5) is 2.39. The lowest BCUT2D eigenvalue weighted by molar-refractivity contribution is 0.477. The number of hydrogen-bond donors (Lipinski definition) is 1. The van der Waals surface area contributed by atoms with E-state index in [9.17, 15) is 0 Å². The zero-order valence-electron chi connectivity index (χ0n) is 27.6. The summed E-state index contributed by atoms with van der Waals surface area (Å²) in [7, 11) is 0.733. The number of ether oxygens (including phenoxy) is 1. The number of para-hydroxylation sites is 4. The molecule has 0 fully saturated rings. The highest BCUT2D eigenvalue weighted by Crippen LogP contribution is 2.53. The average Bonchev–Trinajstić information content (AvgIpc) is 3.56. The highest BCUT2D eigenvalue weighted by molar-refractivity contribution is 6.74. The van der Waals surface area contributed by atoms with E-state index in [2.05, 4.69) is 162 Å². The van der Waals surface area contributed by atoms with Gasteiger partial charge in [0.1, 0.15) is 5.58 Å². The van der Waals surface area contributed by atoms with E-state index in [-0.39, 0.29) is 0 Å². The molecule has 0 bridgehead atoms. The standard InChI is InChI=1S/C46H29BN2O2/c1-2-11-28(12-3-1)29-21-24-31(25-22-29)48-37-26-23-30-13-4-5-14-32(30)42(37)35-27-34-33-15-6-8-18-39(33)51-46(34)45-43(35)47-36-16-10-20-41-44(36)49(45)38-17-7-9-19-40(38)50-41/h1-27,47-48H. The highest BCUT2D eigenvalue weighted by atomic mass is 16.5. The summed E-state index contributed by atoms with van der Waals surface area (Å²) in [6, 6.07) is 57.9. The Kier molecular flexibility index (Phi) is 6.01. The van der Waals surface area contributed by atoms with E-state index in [1.165, 1.54) is 44.0 Å². The van der Waals surface area contributed by atoms with Gasteiger partial charge in [-0.25, -0.2) is 0 Å². The van der Waals surface area contributed by atoms with Crippen LogP contribution < -0.4 is 25.9 Å². The number of fused-ring (bicyclic) bond motifs is 9. The number of anilines is 5. The van der Waals surface area contributed by atoms with E-state index >= 15 is 0 Å². The summed E-state index contributed by atoms with van der Waals surface area (Å²) >= 11 is 0. The Bertz CT molecular complexity index is 2840. The van der Waals surface area contributed by atoms with E-state index in [1.807, 2.05) is 12.1 Å². The number of furan rings is 1. The fourth-order valence-corrected chi connectivity index (χ4v) is 8.15. The van der Waals surface area contributed by atoms with Crippen LogP contribution in [-0.2, 0) is 0 Å². The molecule has 4 nitrogen and oxygen atoms in total. The van der Waals surface area contributed by atoms with Crippen LogP contribution in [-0.4, -0.2) is 7.28 Å². The van der Waals surface area contributed by atoms with Crippen LogP contribution in [0.25, 0.3) is 55.0 Å². The van der Waals surface area contributed by atoms with Gasteiger partial charge in [0.05, 0.1) is 17.1 Å². The highest BCUT2D eigenvalue weighted by Gasteiger charge is 2.37. The Labute approximate surface area is 295 Å². The molecule has 5 heteroatoms. The number of benzene rings is 8. The molecule has 2 aliphatic rings. The third kappa shape index (κ3) is 4.28. The third-order valence-electron chi connectivity index (χ3n) is 10.4. The molecule has 0 aliphatic carbocycles. The first kappa shape index (κ1) is 28.2. The van der Waals surface area contributed by atoms with Crippen molar-refractivity contribution in [2.24, 2.45) is 0 Å². The second-order valence-corrected chi connectivity index (χ2v) is 13.3. The predicted octanol–water partition coefficient (Wildman–Crippen LogP) is 11.1. The maximum absolute atomic E-state index is 6.83. The topological polar surface area (TPSA) is 37.6 Å². The summed E-state index contributed by atoms with van der Waals surface area (Å²) in [6.45, 7) is 0. The number of nitrogens with zero attached hydrogens (tertiary/aromatic N) is 1. The first-order valence-electron chi connectivity index (χ1n) is 17.4. The monoisotopic (exact) mass is 652 g/mol. The second-order valence-electron chi connectivity index (χ2n) is 13.3. The fourth-order valence-electron chi connectivity index (χ4n) is 8.15. The molecule has 0 radical (unpaired) electrons. The van der Waals surface area contributed by atoms with Crippen LogP contribution in [0.4, 0.5) is 28.4 Å². The molecular formula is C46H29BN2O2. The quantitative estimate of drug-likeness (QED) is 0.192. The maximum atomic E-state index is 6.83. The molecule has 11 rings (SSSR count). The first-order valence-corrected chi connectivity index (χ1v) is 17.4. The van der Waals surface area contributed by atoms with E-state index in [1.54, 1.807) is 0 Å². The van der Waals surface area contributed by atoms with Crippen molar-refractivity contribution in [3.63, 3.8) is 0 Å². The van der Waals surface area contributed by atoms with Crippen LogP contribution in [0.1, 0.15) is 0 Å². The summed E-state index contributed by atoms with van der Waals surface area (Å²) in [5.74, 6) is 1.69. The van der Waals surface area contributed by atoms with Gasteiger partial charge in [0.2, 0.25) is 0 Å². The molecule has 0 saturated carbocycles. The van der Waals surface area contributed by atoms with Crippen molar-refractivity contribution >= 4 is 79.4 Å². The van der Waals surface area contributed by atoms with Gasteiger partial charge in [-0.2, -0.15) is 0 Å². The lowest BCUT2D eigenvalue weighted by Crippen LogP contribution is -2.42. The van der Waals surface area contributed by atoms with Gasteiger partial charge in [0, 0.05) is 27.7 Å². The first-order chi connectivity index (χ1) is 25.3. The molecule has 0 amide bonds. The van der Waals surface area contributed by atoms with Crippen LogP contribution in [0.3, 0.4) is 0 Å². The van der Waals surface area contributed by atoms with Gasteiger partial charge in [0.15, 0.2) is 24.4 Å². The summed E-state index contributed by atoms with van der Waals surface area (Å²) in [5.41, 5.74) is 14.2. The summed E-state index contributed by atoms with van der Waals surface area (Å²) < 4.78 is 13.4. The minimum Gasteiger partial charge on any atom is -0.454 e. The maximum Gasteiger partial charge on any atom is 0.198 e. The van der Waals surface area contributed by atoms with Gasteiger partial charge < -0.3 is 19.4 Å². The Morgan fingerprint density at radius 2 is 1.29 bits per heavy atom. The van der Waals surface area contributed by atoms with Crippen LogP contribution >= 0.6 is 0 Å². The largest absolute Gasteiger partial charge is 0.454 e. The Balaban J connectivity index is 1.19. The van der Waals surface area contributed by atoms with E-state index in [0.29, 0.717) is 0 Å². The Hall–Kier alpha value is -6.72. The SMILES string of the molecule is B1c2cccc3c2N(c2ccccc2O3)c2c1c(-c1c(Nc3ccc(-c4ccccc4)cc3)ccc3ccccc13)cc1c2oc2ccccc21. The van der Waals surface area contributed by atoms with Crippen molar-refractivity contribution < 1.29 is 9.15 Å². The predicted molar refractivity (Wildman–Crippen MR) is 213 cm³/mol. The van der Waals surface area contributed by atoms with Gasteiger partial charge in [-0.15, -0.1) is 0 Å². The number of hydrogen-bond acceptors (Lipinski definition) is 4. The normalized spacial score (nSPS) is 12.6. The molecule has 1 N–H and O–H groups in total. The molecule has 0 saturated heterocycles. The van der Waals surface area contributed by atoms with Crippen molar-refractivity contribution in [1.82, 2.24) is 0 Å². The minimum atomic E-state index is 0.733. The zero-order chi connectivity index (χ0) is 33.5. The number of rotatable bonds is 4. The van der Waals surface area contributed by atoms with Crippen molar-refractivity contribution in [3.05, 3.63) is 164 Å². The summed E-state index contributed by atoms with van der Waals surface area (Å²) in [6.07, 6.45) is 0. The van der Waals surface area contributed by atoms with Gasteiger partial charge in [0.25, 0.3) is 0 Å². The molecule has 51 heavy (non-hydrogen) atoms. The van der Waals surface area contributed by atoms with Gasteiger partial charge in [-0.3, -0.25) is 0 Å². The van der Waals surface area contributed by atoms with E-state index in [0.717, 1.165) is 69.2 Å². The smallest absolute Gasteiger partial charge is 0.198 e. The molecule has 2 aliphatic heterocycles. The molecule has 9 aromatic rings. The van der Waals surface area contributed by atoms with Gasteiger partial charge in [-0.05, 0) is 81.5 Å². The lowest BCUT2D eigenvalue weighted by Gasteiger charge is -2.39. The van der Waals surface area contributed by atoms with Crippen LogP contribution in [0.15, 0.2) is 168 Å². The van der Waals surface area contributed by atoms with Crippen LogP contribution in [0, 0.1) is 0 Å². The van der Waals surface area contributed by atoms with Crippen molar-refractivity contribution in [1.29, 1.82) is 0 Å². The Morgan fingerprint density at radius 3 is 2.20 bits per heavy atom. The second kappa shape index (κ2) is 10.9. The molecule has 0 spiro atoms. The van der Waals surface area contributed by atoms with Crippen molar-refractivity contribution in [3.8, 4) is 33.8 Å². The minimum absolute atomic E-state index is 0.733. The molecule has 238 valence electrons.